The van der Waals surface area contributed by atoms with Crippen LogP contribution in [0.3, 0.4) is 0 Å². The number of rotatable bonds is 4. The second-order valence-electron chi connectivity index (χ2n) is 7.28. The Kier molecular flexibility index (Phi) is 5.54. The summed E-state index contributed by atoms with van der Waals surface area (Å²) in [5.74, 6) is 0.669. The predicted octanol–water partition coefficient (Wildman–Crippen LogP) is 2.44. The molecular weight excluding hydrogens is 342 g/mol. The molecule has 2 heterocycles. The predicted molar refractivity (Wildman–Crippen MR) is 107 cm³/mol. The van der Waals surface area contributed by atoms with E-state index in [1.54, 1.807) is 11.6 Å². The number of hydrogen-bond donors (Lipinski definition) is 0. The zero-order chi connectivity index (χ0) is 19.6. The first-order valence-electron chi connectivity index (χ1n) is 9.26. The molecule has 0 atom stereocenters. The minimum Gasteiger partial charge on any atom is -0.490 e. The number of hydrogen-bond acceptors (Lipinski definition) is 4. The third-order valence-corrected chi connectivity index (χ3v) is 5.14. The fourth-order valence-electron chi connectivity index (χ4n) is 3.26. The van der Waals surface area contributed by atoms with Gasteiger partial charge in [-0.1, -0.05) is 0 Å². The Hall–Kier alpha value is -2.76. The molecule has 1 aromatic carbocycles. The van der Waals surface area contributed by atoms with Gasteiger partial charge in [0, 0.05) is 70.1 Å². The van der Waals surface area contributed by atoms with Crippen molar-refractivity contribution in [1.82, 2.24) is 9.47 Å². The lowest BCUT2D eigenvalue weighted by Crippen LogP contribution is -2.41. The highest BCUT2D eigenvalue weighted by molar-refractivity contribution is 5.94. The van der Waals surface area contributed by atoms with Crippen LogP contribution in [0.4, 0.5) is 5.69 Å². The van der Waals surface area contributed by atoms with E-state index in [-0.39, 0.29) is 17.6 Å². The number of piperidine rings is 1. The molecular formula is C21H27N3O3. The van der Waals surface area contributed by atoms with Crippen molar-refractivity contribution in [2.45, 2.75) is 25.9 Å². The van der Waals surface area contributed by atoms with Gasteiger partial charge in [-0.2, -0.15) is 0 Å². The largest absolute Gasteiger partial charge is 0.490 e. The standard InChI is InChI=1S/C21H27N3O3/c1-15-13-19(14-20(25)23(15)4)27-18-9-11-24(12-10-18)21(26)16-5-7-17(8-6-16)22(2)3/h5-8,13-14,18H,9-12H2,1-4H3. The van der Waals surface area contributed by atoms with E-state index in [2.05, 4.69) is 0 Å². The first-order valence-corrected chi connectivity index (χ1v) is 9.26. The van der Waals surface area contributed by atoms with Gasteiger partial charge in [0.05, 0.1) is 0 Å². The molecule has 2 aromatic rings. The summed E-state index contributed by atoms with van der Waals surface area (Å²) in [7, 11) is 5.70. The Labute approximate surface area is 160 Å². The molecule has 6 nitrogen and oxygen atoms in total. The average Bonchev–Trinajstić information content (AvgIpc) is 2.66. The summed E-state index contributed by atoms with van der Waals surface area (Å²) in [5, 5.41) is 0. The molecule has 1 saturated heterocycles. The molecule has 0 saturated carbocycles. The molecule has 0 unspecified atom stereocenters. The molecule has 1 fully saturated rings. The van der Waals surface area contributed by atoms with Gasteiger partial charge in [0.15, 0.2) is 0 Å². The van der Waals surface area contributed by atoms with Gasteiger partial charge in [-0.25, -0.2) is 0 Å². The van der Waals surface area contributed by atoms with Gasteiger partial charge >= 0.3 is 0 Å². The first-order chi connectivity index (χ1) is 12.8. The number of amides is 1. The molecule has 27 heavy (non-hydrogen) atoms. The number of benzene rings is 1. The Morgan fingerprint density at radius 3 is 2.30 bits per heavy atom. The molecule has 0 N–H and O–H groups in total. The second kappa shape index (κ2) is 7.86. The SMILES string of the molecule is Cc1cc(OC2CCN(C(=O)c3ccc(N(C)C)cc3)CC2)cc(=O)n1C. The maximum Gasteiger partial charge on any atom is 0.254 e. The molecule has 3 rings (SSSR count). The first kappa shape index (κ1) is 19.0. The van der Waals surface area contributed by atoms with Gasteiger partial charge in [0.2, 0.25) is 0 Å². The van der Waals surface area contributed by atoms with Crippen molar-refractivity contribution in [2.75, 3.05) is 32.1 Å². The maximum absolute atomic E-state index is 12.7. The Morgan fingerprint density at radius 1 is 1.11 bits per heavy atom. The lowest BCUT2D eigenvalue weighted by Gasteiger charge is -2.32. The summed E-state index contributed by atoms with van der Waals surface area (Å²) in [6, 6.07) is 11.1. The van der Waals surface area contributed by atoms with Gasteiger partial charge < -0.3 is 19.1 Å². The summed E-state index contributed by atoms with van der Waals surface area (Å²) >= 11 is 0. The van der Waals surface area contributed by atoms with Crippen molar-refractivity contribution >= 4 is 11.6 Å². The molecule has 0 bridgehead atoms. The highest BCUT2D eigenvalue weighted by Crippen LogP contribution is 2.21. The zero-order valence-electron chi connectivity index (χ0n) is 16.4. The number of aryl methyl sites for hydroxylation is 1. The summed E-state index contributed by atoms with van der Waals surface area (Å²) in [4.78, 5) is 28.5. The van der Waals surface area contributed by atoms with Crippen molar-refractivity contribution in [3.8, 4) is 5.75 Å². The van der Waals surface area contributed by atoms with Crippen molar-refractivity contribution < 1.29 is 9.53 Å². The van der Waals surface area contributed by atoms with E-state index in [0.29, 0.717) is 24.4 Å². The minimum atomic E-state index is -0.0706. The fourth-order valence-corrected chi connectivity index (χ4v) is 3.26. The lowest BCUT2D eigenvalue weighted by atomic mass is 10.1. The van der Waals surface area contributed by atoms with Gasteiger partial charge in [-0.15, -0.1) is 0 Å². The van der Waals surface area contributed by atoms with Gasteiger partial charge in [-0.05, 0) is 37.3 Å². The number of aromatic nitrogens is 1. The van der Waals surface area contributed by atoms with E-state index in [0.717, 1.165) is 24.2 Å². The summed E-state index contributed by atoms with van der Waals surface area (Å²) < 4.78 is 7.58. The van der Waals surface area contributed by atoms with Gasteiger partial charge in [0.1, 0.15) is 11.9 Å². The van der Waals surface area contributed by atoms with Gasteiger partial charge in [-0.3, -0.25) is 9.59 Å². The number of nitrogens with zero attached hydrogens (tertiary/aromatic N) is 3. The Bertz CT molecular complexity index is 863. The summed E-state index contributed by atoms with van der Waals surface area (Å²) in [5.41, 5.74) is 2.58. The van der Waals surface area contributed by atoms with Crippen LogP contribution in [0.5, 0.6) is 5.75 Å². The number of pyridine rings is 1. The van der Waals surface area contributed by atoms with E-state index in [4.69, 9.17) is 4.74 Å². The molecule has 0 aliphatic carbocycles. The molecule has 1 aromatic heterocycles. The van der Waals surface area contributed by atoms with Crippen LogP contribution >= 0.6 is 0 Å². The topological polar surface area (TPSA) is 54.8 Å². The van der Waals surface area contributed by atoms with Gasteiger partial charge in [0.25, 0.3) is 11.5 Å². The summed E-state index contributed by atoms with van der Waals surface area (Å²) in [6.07, 6.45) is 1.54. The third kappa shape index (κ3) is 4.32. The van der Waals surface area contributed by atoms with E-state index in [9.17, 15) is 9.59 Å². The van der Waals surface area contributed by atoms with E-state index < -0.39 is 0 Å². The Morgan fingerprint density at radius 2 is 1.74 bits per heavy atom. The van der Waals surface area contributed by atoms with Crippen LogP contribution in [-0.4, -0.2) is 48.7 Å². The number of ether oxygens (including phenoxy) is 1. The van der Waals surface area contributed by atoms with Crippen LogP contribution in [0.25, 0.3) is 0 Å². The molecule has 1 aliphatic heterocycles. The second-order valence-corrected chi connectivity index (χ2v) is 7.28. The van der Waals surface area contributed by atoms with Crippen molar-refractivity contribution in [1.29, 1.82) is 0 Å². The molecule has 0 radical (unpaired) electrons. The third-order valence-electron chi connectivity index (χ3n) is 5.14. The number of anilines is 1. The van der Waals surface area contributed by atoms with Crippen molar-refractivity contribution in [2.24, 2.45) is 7.05 Å². The lowest BCUT2D eigenvalue weighted by molar-refractivity contribution is 0.0595. The van der Waals surface area contributed by atoms with Crippen LogP contribution in [-0.2, 0) is 7.05 Å². The minimum absolute atomic E-state index is 0.0247. The molecule has 144 valence electrons. The van der Waals surface area contributed by atoms with Crippen molar-refractivity contribution in [3.05, 3.63) is 58.0 Å². The van der Waals surface area contributed by atoms with Crippen LogP contribution in [0.1, 0.15) is 28.9 Å². The quantitative estimate of drug-likeness (QED) is 0.831. The maximum atomic E-state index is 12.7. The number of carbonyl (C=O) groups is 1. The summed E-state index contributed by atoms with van der Waals surface area (Å²) in [6.45, 7) is 3.20. The monoisotopic (exact) mass is 369 g/mol. The number of carbonyl (C=O) groups excluding carboxylic acids is 1. The fraction of sp³-hybridized carbons (Fsp3) is 0.429. The molecule has 1 aliphatic rings. The van der Waals surface area contributed by atoms with E-state index >= 15 is 0 Å². The average molecular weight is 369 g/mol. The van der Waals surface area contributed by atoms with E-state index in [1.165, 1.54) is 6.07 Å². The van der Waals surface area contributed by atoms with Crippen LogP contribution in [0.2, 0.25) is 0 Å². The molecule has 0 spiro atoms. The normalized spacial score (nSPS) is 14.9. The molecule has 6 heteroatoms. The zero-order valence-corrected chi connectivity index (χ0v) is 16.4. The Balaban J connectivity index is 1.58. The van der Waals surface area contributed by atoms with E-state index in [1.807, 2.05) is 61.2 Å². The highest BCUT2D eigenvalue weighted by Gasteiger charge is 2.25. The van der Waals surface area contributed by atoms with Crippen LogP contribution in [0.15, 0.2) is 41.2 Å². The van der Waals surface area contributed by atoms with Crippen molar-refractivity contribution in [3.63, 3.8) is 0 Å². The number of likely N-dealkylation sites (tertiary alicyclic amines) is 1. The molecule has 1 amide bonds. The highest BCUT2D eigenvalue weighted by atomic mass is 16.5. The smallest absolute Gasteiger partial charge is 0.254 e. The van der Waals surface area contributed by atoms with Crippen LogP contribution in [0, 0.1) is 6.92 Å². The van der Waals surface area contributed by atoms with Crippen LogP contribution < -0.4 is 15.2 Å².